The van der Waals surface area contributed by atoms with Crippen LogP contribution in [-0.2, 0) is 4.79 Å². The minimum Gasteiger partial charge on any atom is -0.352 e. The number of carbonyl (C=O) groups is 2. The summed E-state index contributed by atoms with van der Waals surface area (Å²) in [5.74, 6) is -0.111. The molecular formula is C17H26N2O2S. The Morgan fingerprint density at radius 2 is 1.82 bits per heavy atom. The number of aryl methyl sites for hydroxylation is 1. The lowest BCUT2D eigenvalue weighted by atomic mass is 10.0. The fourth-order valence-corrected chi connectivity index (χ4v) is 4.12. The van der Waals surface area contributed by atoms with E-state index in [1.54, 1.807) is 0 Å². The SMILES string of the molecule is CCCNC(=O)c1c(C)csc1NC(=O)C1C(C)(C)C1(C)C. The van der Waals surface area contributed by atoms with E-state index in [-0.39, 0.29) is 28.6 Å². The van der Waals surface area contributed by atoms with Gasteiger partial charge in [-0.2, -0.15) is 0 Å². The molecule has 1 saturated carbocycles. The van der Waals surface area contributed by atoms with E-state index in [0.717, 1.165) is 12.0 Å². The van der Waals surface area contributed by atoms with Crippen LogP contribution in [0.25, 0.3) is 0 Å². The second kappa shape index (κ2) is 5.69. The third-order valence-electron chi connectivity index (χ3n) is 5.26. The van der Waals surface area contributed by atoms with Crippen molar-refractivity contribution >= 4 is 28.2 Å². The van der Waals surface area contributed by atoms with Crippen molar-refractivity contribution in [3.63, 3.8) is 0 Å². The largest absolute Gasteiger partial charge is 0.352 e. The van der Waals surface area contributed by atoms with Gasteiger partial charge in [0.2, 0.25) is 5.91 Å². The Balaban J connectivity index is 2.15. The summed E-state index contributed by atoms with van der Waals surface area (Å²) in [6, 6.07) is 0. The van der Waals surface area contributed by atoms with Crippen LogP contribution >= 0.6 is 11.3 Å². The Morgan fingerprint density at radius 1 is 1.23 bits per heavy atom. The molecule has 4 nitrogen and oxygen atoms in total. The Bertz CT molecular complexity index is 588. The quantitative estimate of drug-likeness (QED) is 0.866. The van der Waals surface area contributed by atoms with Gasteiger partial charge in [0.05, 0.1) is 5.56 Å². The summed E-state index contributed by atoms with van der Waals surface area (Å²) in [7, 11) is 0. The molecule has 2 N–H and O–H groups in total. The lowest BCUT2D eigenvalue weighted by Crippen LogP contribution is -2.26. The fourth-order valence-electron chi connectivity index (χ4n) is 3.18. The number of anilines is 1. The summed E-state index contributed by atoms with van der Waals surface area (Å²) in [5.41, 5.74) is 1.49. The van der Waals surface area contributed by atoms with Crippen LogP contribution in [0, 0.1) is 23.7 Å². The van der Waals surface area contributed by atoms with Crippen LogP contribution in [0.1, 0.15) is 57.0 Å². The van der Waals surface area contributed by atoms with Crippen LogP contribution < -0.4 is 10.6 Å². The predicted molar refractivity (Wildman–Crippen MR) is 91.4 cm³/mol. The Morgan fingerprint density at radius 3 is 2.32 bits per heavy atom. The molecule has 0 atom stereocenters. The standard InChI is InChI=1S/C17H26N2O2S/c1-7-8-18-13(20)11-10(2)9-22-15(11)19-14(21)12-16(3,4)17(12,5)6/h9,12H,7-8H2,1-6H3,(H,18,20)(H,19,21). The van der Waals surface area contributed by atoms with Gasteiger partial charge in [-0.05, 0) is 35.1 Å². The van der Waals surface area contributed by atoms with Crippen LogP contribution in [0.2, 0.25) is 0 Å². The number of hydrogen-bond acceptors (Lipinski definition) is 3. The van der Waals surface area contributed by atoms with Crippen molar-refractivity contribution in [2.75, 3.05) is 11.9 Å². The van der Waals surface area contributed by atoms with Gasteiger partial charge in [0.15, 0.2) is 0 Å². The summed E-state index contributed by atoms with van der Waals surface area (Å²) >= 11 is 1.42. The van der Waals surface area contributed by atoms with E-state index in [2.05, 4.69) is 38.3 Å². The maximum atomic E-state index is 12.6. The van der Waals surface area contributed by atoms with Gasteiger partial charge in [-0.1, -0.05) is 34.6 Å². The Kier molecular flexibility index (Phi) is 4.39. The minimum atomic E-state index is -0.106. The summed E-state index contributed by atoms with van der Waals surface area (Å²) in [6.45, 7) is 13.0. The lowest BCUT2D eigenvalue weighted by molar-refractivity contribution is -0.118. The van der Waals surface area contributed by atoms with Gasteiger partial charge in [-0.25, -0.2) is 0 Å². The van der Waals surface area contributed by atoms with Crippen LogP contribution in [0.15, 0.2) is 5.38 Å². The number of carbonyl (C=O) groups excluding carboxylic acids is 2. The number of hydrogen-bond donors (Lipinski definition) is 2. The molecule has 0 spiro atoms. The topological polar surface area (TPSA) is 58.2 Å². The van der Waals surface area contributed by atoms with Gasteiger partial charge >= 0.3 is 0 Å². The molecule has 1 heterocycles. The van der Waals surface area contributed by atoms with Crippen molar-refractivity contribution in [3.05, 3.63) is 16.5 Å². The van der Waals surface area contributed by atoms with Gasteiger partial charge in [0, 0.05) is 12.5 Å². The molecule has 2 amide bonds. The zero-order valence-corrected chi connectivity index (χ0v) is 15.1. The van der Waals surface area contributed by atoms with Gasteiger partial charge < -0.3 is 10.6 Å². The molecular weight excluding hydrogens is 296 g/mol. The molecule has 0 aromatic carbocycles. The highest BCUT2D eigenvalue weighted by Gasteiger charge is 2.68. The molecule has 22 heavy (non-hydrogen) atoms. The van der Waals surface area contributed by atoms with Gasteiger partial charge in [-0.3, -0.25) is 9.59 Å². The van der Waals surface area contributed by atoms with Gasteiger partial charge in [0.1, 0.15) is 5.00 Å². The first-order chi connectivity index (χ1) is 10.1. The molecule has 5 heteroatoms. The van der Waals surface area contributed by atoms with Crippen LogP contribution in [0.4, 0.5) is 5.00 Å². The van der Waals surface area contributed by atoms with Crippen molar-refractivity contribution in [2.45, 2.75) is 48.0 Å². The molecule has 1 aromatic heterocycles. The normalized spacial score (nSPS) is 18.8. The number of thiophene rings is 1. The van der Waals surface area contributed by atoms with E-state index in [4.69, 9.17) is 0 Å². The summed E-state index contributed by atoms with van der Waals surface area (Å²) in [4.78, 5) is 24.8. The van der Waals surface area contributed by atoms with Crippen molar-refractivity contribution in [1.29, 1.82) is 0 Å². The third kappa shape index (κ3) is 2.67. The lowest BCUT2D eigenvalue weighted by Gasteiger charge is -2.09. The maximum absolute atomic E-state index is 12.6. The average molecular weight is 322 g/mol. The van der Waals surface area contributed by atoms with E-state index in [0.29, 0.717) is 17.1 Å². The smallest absolute Gasteiger partial charge is 0.254 e. The number of nitrogens with one attached hydrogen (secondary N) is 2. The van der Waals surface area contributed by atoms with Crippen molar-refractivity contribution in [3.8, 4) is 0 Å². The van der Waals surface area contributed by atoms with Crippen LogP contribution in [0.3, 0.4) is 0 Å². The van der Waals surface area contributed by atoms with E-state index >= 15 is 0 Å². The second-order valence-corrected chi connectivity index (χ2v) is 8.12. The highest BCUT2D eigenvalue weighted by atomic mass is 32.1. The minimum absolute atomic E-state index is 0.00593. The highest BCUT2D eigenvalue weighted by Crippen LogP contribution is 2.68. The van der Waals surface area contributed by atoms with E-state index < -0.39 is 0 Å². The summed E-state index contributed by atoms with van der Waals surface area (Å²) in [6.07, 6.45) is 0.890. The molecule has 0 saturated heterocycles. The zero-order valence-electron chi connectivity index (χ0n) is 14.3. The Labute approximate surface area is 136 Å². The molecule has 1 aliphatic rings. The molecule has 0 bridgehead atoms. The molecule has 2 rings (SSSR count). The Hall–Kier alpha value is -1.36. The predicted octanol–water partition coefficient (Wildman–Crippen LogP) is 3.82. The second-order valence-electron chi connectivity index (χ2n) is 7.24. The summed E-state index contributed by atoms with van der Waals surface area (Å²) in [5, 5.41) is 8.44. The highest BCUT2D eigenvalue weighted by molar-refractivity contribution is 7.15. The van der Waals surface area contributed by atoms with Crippen molar-refractivity contribution < 1.29 is 9.59 Å². The fraction of sp³-hybridized carbons (Fsp3) is 0.647. The van der Waals surface area contributed by atoms with Crippen molar-refractivity contribution in [2.24, 2.45) is 16.7 Å². The molecule has 0 radical (unpaired) electrons. The number of rotatable bonds is 5. The monoisotopic (exact) mass is 322 g/mol. The third-order valence-corrected chi connectivity index (χ3v) is 6.27. The maximum Gasteiger partial charge on any atom is 0.254 e. The van der Waals surface area contributed by atoms with E-state index in [9.17, 15) is 9.59 Å². The molecule has 1 aliphatic carbocycles. The summed E-state index contributed by atoms with van der Waals surface area (Å²) < 4.78 is 0. The van der Waals surface area contributed by atoms with Crippen LogP contribution in [0.5, 0.6) is 0 Å². The van der Waals surface area contributed by atoms with Crippen molar-refractivity contribution in [1.82, 2.24) is 5.32 Å². The van der Waals surface area contributed by atoms with Gasteiger partial charge in [0.25, 0.3) is 5.91 Å². The molecule has 122 valence electrons. The molecule has 0 unspecified atom stereocenters. The molecule has 1 fully saturated rings. The first-order valence-electron chi connectivity index (χ1n) is 7.81. The zero-order chi connectivity index (χ0) is 16.7. The van der Waals surface area contributed by atoms with E-state index in [1.807, 2.05) is 19.2 Å². The molecule has 1 aromatic rings. The number of amides is 2. The van der Waals surface area contributed by atoms with Gasteiger partial charge in [-0.15, -0.1) is 11.3 Å². The average Bonchev–Trinajstić information content (AvgIpc) is 2.68. The van der Waals surface area contributed by atoms with Crippen LogP contribution in [-0.4, -0.2) is 18.4 Å². The molecule has 0 aliphatic heterocycles. The van der Waals surface area contributed by atoms with E-state index in [1.165, 1.54) is 11.3 Å². The first-order valence-corrected chi connectivity index (χ1v) is 8.69. The first kappa shape index (κ1) is 17.0.